The molecule has 0 saturated heterocycles. The minimum atomic E-state index is -1.23. The summed E-state index contributed by atoms with van der Waals surface area (Å²) in [5, 5.41) is 9.70. The van der Waals surface area contributed by atoms with E-state index < -0.39 is 18.1 Å². The number of likely N-dealkylation sites (N-methyl/N-ethyl adjacent to an activating group) is 1. The molecule has 4 rings (SSSR count). The minimum Gasteiger partial charge on any atom is -0.481 e. The maximum absolute atomic E-state index is 12.8. The van der Waals surface area contributed by atoms with Crippen LogP contribution in [0.1, 0.15) is 28.7 Å². The summed E-state index contributed by atoms with van der Waals surface area (Å²) >= 11 is 0. The van der Waals surface area contributed by atoms with Crippen LogP contribution in [0.4, 0.5) is 4.79 Å². The molecular weight excluding hydrogens is 396 g/mol. The van der Waals surface area contributed by atoms with Crippen molar-refractivity contribution in [3.05, 3.63) is 83.6 Å². The Morgan fingerprint density at radius 3 is 2.16 bits per heavy atom. The van der Waals surface area contributed by atoms with Crippen molar-refractivity contribution in [2.45, 2.75) is 12.0 Å². The van der Waals surface area contributed by atoms with Crippen LogP contribution in [0.5, 0.6) is 5.88 Å². The van der Waals surface area contributed by atoms with Crippen molar-refractivity contribution in [3.8, 4) is 17.0 Å². The molecule has 0 aliphatic heterocycles. The van der Waals surface area contributed by atoms with Gasteiger partial charge in [-0.2, -0.15) is 0 Å². The molecule has 7 nitrogen and oxygen atoms in total. The summed E-state index contributed by atoms with van der Waals surface area (Å²) in [5.74, 6) is -0.921. The van der Waals surface area contributed by atoms with Gasteiger partial charge in [0.05, 0.1) is 7.11 Å². The van der Waals surface area contributed by atoms with Gasteiger partial charge in [0.15, 0.2) is 6.04 Å². The first kappa shape index (κ1) is 20.4. The summed E-state index contributed by atoms with van der Waals surface area (Å²) in [6.45, 7) is 0.115. The summed E-state index contributed by atoms with van der Waals surface area (Å²) in [7, 11) is 2.88. The lowest BCUT2D eigenvalue weighted by Gasteiger charge is -2.25. The van der Waals surface area contributed by atoms with Crippen LogP contribution in [0.3, 0.4) is 0 Å². The van der Waals surface area contributed by atoms with Crippen LogP contribution in [0.15, 0.2) is 66.9 Å². The van der Waals surface area contributed by atoms with Gasteiger partial charge in [0.2, 0.25) is 5.88 Å². The molecule has 0 fully saturated rings. The van der Waals surface area contributed by atoms with Crippen molar-refractivity contribution in [2.75, 3.05) is 20.8 Å². The highest BCUT2D eigenvalue weighted by molar-refractivity contribution is 5.82. The molecule has 158 valence electrons. The van der Waals surface area contributed by atoms with E-state index in [0.717, 1.165) is 27.2 Å². The van der Waals surface area contributed by atoms with Crippen molar-refractivity contribution in [2.24, 2.45) is 0 Å². The van der Waals surface area contributed by atoms with Gasteiger partial charge in [0.1, 0.15) is 6.61 Å². The molecule has 1 N–H and O–H groups in total. The molecule has 1 unspecified atom stereocenters. The van der Waals surface area contributed by atoms with Gasteiger partial charge >= 0.3 is 12.1 Å². The van der Waals surface area contributed by atoms with Crippen molar-refractivity contribution >= 4 is 12.1 Å². The van der Waals surface area contributed by atoms with Crippen LogP contribution in [-0.2, 0) is 9.53 Å². The number of carbonyl (C=O) groups is 2. The van der Waals surface area contributed by atoms with Gasteiger partial charge < -0.3 is 14.6 Å². The predicted octanol–water partition coefficient (Wildman–Crippen LogP) is 4.10. The highest BCUT2D eigenvalue weighted by atomic mass is 16.6. The third-order valence-electron chi connectivity index (χ3n) is 5.53. The average molecular weight is 418 g/mol. The molecule has 1 aliphatic rings. The smallest absolute Gasteiger partial charge is 0.410 e. The van der Waals surface area contributed by atoms with Crippen LogP contribution in [0.2, 0.25) is 0 Å². The first-order chi connectivity index (χ1) is 15.0. The number of fused-ring (bicyclic) bond motifs is 3. The van der Waals surface area contributed by atoms with Gasteiger partial charge in [-0.05, 0) is 28.3 Å². The number of hydrogen-bond donors (Lipinski definition) is 1. The Morgan fingerprint density at radius 2 is 1.65 bits per heavy atom. The Morgan fingerprint density at radius 1 is 1.03 bits per heavy atom. The fourth-order valence-corrected chi connectivity index (χ4v) is 4.01. The van der Waals surface area contributed by atoms with E-state index in [-0.39, 0.29) is 12.5 Å². The number of aliphatic carboxylic acids is 1. The molecule has 3 aromatic rings. The van der Waals surface area contributed by atoms with Crippen molar-refractivity contribution in [1.82, 2.24) is 9.88 Å². The topological polar surface area (TPSA) is 89.0 Å². The number of carboxylic acids is 1. The first-order valence-electron chi connectivity index (χ1n) is 9.81. The SMILES string of the molecule is COc1ccc(C(C(=O)O)N(C)C(=O)OCC2c3ccccc3-c3ccccc32)cn1. The number of pyridine rings is 1. The third kappa shape index (κ3) is 3.82. The molecule has 1 aliphatic carbocycles. The summed E-state index contributed by atoms with van der Waals surface area (Å²) in [6.07, 6.45) is 0.662. The van der Waals surface area contributed by atoms with Gasteiger partial charge in [0, 0.05) is 30.8 Å². The molecule has 2 aromatic carbocycles. The zero-order chi connectivity index (χ0) is 22.0. The largest absolute Gasteiger partial charge is 0.481 e. The normalized spacial score (nSPS) is 13.1. The predicted molar refractivity (Wildman–Crippen MR) is 114 cm³/mol. The minimum absolute atomic E-state index is 0.101. The molecule has 1 amide bonds. The Bertz CT molecular complexity index is 1070. The Kier molecular flexibility index (Phi) is 5.58. The second kappa shape index (κ2) is 8.47. The Hall–Kier alpha value is -3.87. The zero-order valence-electron chi connectivity index (χ0n) is 17.2. The number of amides is 1. The van der Waals surface area contributed by atoms with E-state index in [4.69, 9.17) is 9.47 Å². The molecule has 1 heterocycles. The van der Waals surface area contributed by atoms with Crippen LogP contribution in [0, 0.1) is 0 Å². The highest BCUT2D eigenvalue weighted by Crippen LogP contribution is 2.44. The van der Waals surface area contributed by atoms with Crippen molar-refractivity contribution in [1.29, 1.82) is 0 Å². The van der Waals surface area contributed by atoms with Gasteiger partial charge in [-0.15, -0.1) is 0 Å². The molecule has 0 spiro atoms. The number of carboxylic acid groups (broad SMARTS) is 1. The van der Waals surface area contributed by atoms with Crippen molar-refractivity contribution < 1.29 is 24.2 Å². The molecule has 1 atom stereocenters. The summed E-state index contributed by atoms with van der Waals surface area (Å²) in [4.78, 5) is 29.7. The van der Waals surface area contributed by atoms with Crippen LogP contribution in [0.25, 0.3) is 11.1 Å². The standard InChI is InChI=1S/C24H22N2O5/c1-26(22(23(27)28)15-11-12-21(30-2)25-13-15)24(29)31-14-20-18-9-5-3-7-16(18)17-8-4-6-10-19(17)20/h3-13,20,22H,14H2,1-2H3,(H,27,28). The zero-order valence-corrected chi connectivity index (χ0v) is 17.2. The highest BCUT2D eigenvalue weighted by Gasteiger charge is 2.32. The Balaban J connectivity index is 1.52. The van der Waals surface area contributed by atoms with Crippen molar-refractivity contribution in [3.63, 3.8) is 0 Å². The lowest BCUT2D eigenvalue weighted by Crippen LogP contribution is -2.36. The first-order valence-corrected chi connectivity index (χ1v) is 9.81. The van der Waals surface area contributed by atoms with E-state index in [9.17, 15) is 14.7 Å². The molecule has 0 saturated carbocycles. The van der Waals surface area contributed by atoms with Crippen LogP contribution >= 0.6 is 0 Å². The van der Waals surface area contributed by atoms with E-state index in [1.807, 2.05) is 36.4 Å². The fraction of sp³-hybridized carbons (Fsp3) is 0.208. The molecule has 31 heavy (non-hydrogen) atoms. The molecule has 0 radical (unpaired) electrons. The van der Waals surface area contributed by atoms with Crippen LogP contribution in [-0.4, -0.2) is 47.8 Å². The Labute approximate surface area is 179 Å². The average Bonchev–Trinajstić information content (AvgIpc) is 3.11. The van der Waals surface area contributed by atoms with E-state index in [1.165, 1.54) is 20.4 Å². The van der Waals surface area contributed by atoms with E-state index in [1.54, 1.807) is 12.1 Å². The lowest BCUT2D eigenvalue weighted by molar-refractivity contribution is -0.142. The summed E-state index contributed by atoms with van der Waals surface area (Å²) < 4.78 is 10.6. The summed E-state index contributed by atoms with van der Waals surface area (Å²) in [6, 6.07) is 17.9. The third-order valence-corrected chi connectivity index (χ3v) is 5.53. The van der Waals surface area contributed by atoms with Gasteiger partial charge in [-0.3, -0.25) is 4.90 Å². The number of methoxy groups -OCH3 is 1. The number of hydrogen-bond acceptors (Lipinski definition) is 5. The number of ether oxygens (including phenoxy) is 2. The second-order valence-electron chi connectivity index (χ2n) is 7.29. The quantitative estimate of drug-likeness (QED) is 0.648. The monoisotopic (exact) mass is 418 g/mol. The molecule has 1 aromatic heterocycles. The lowest BCUT2D eigenvalue weighted by atomic mass is 9.98. The second-order valence-corrected chi connectivity index (χ2v) is 7.29. The fourth-order valence-electron chi connectivity index (χ4n) is 4.01. The maximum Gasteiger partial charge on any atom is 0.410 e. The maximum atomic E-state index is 12.8. The van der Waals surface area contributed by atoms with Crippen LogP contribution < -0.4 is 4.74 Å². The summed E-state index contributed by atoms with van der Waals surface area (Å²) in [5.41, 5.74) is 4.78. The van der Waals surface area contributed by atoms with Gasteiger partial charge in [0.25, 0.3) is 0 Å². The molecular formula is C24H22N2O5. The van der Waals surface area contributed by atoms with E-state index >= 15 is 0 Å². The molecule has 0 bridgehead atoms. The van der Waals surface area contributed by atoms with E-state index in [2.05, 4.69) is 17.1 Å². The van der Waals surface area contributed by atoms with E-state index in [0.29, 0.717) is 11.4 Å². The number of benzene rings is 2. The number of carbonyl (C=O) groups excluding carboxylic acids is 1. The number of nitrogens with zero attached hydrogens (tertiary/aromatic N) is 2. The number of rotatable bonds is 6. The molecule has 7 heteroatoms. The van der Waals surface area contributed by atoms with Gasteiger partial charge in [-0.25, -0.2) is 14.6 Å². The number of aromatic nitrogens is 1. The van der Waals surface area contributed by atoms with Gasteiger partial charge in [-0.1, -0.05) is 48.5 Å².